The van der Waals surface area contributed by atoms with Crippen molar-refractivity contribution < 1.29 is 19.7 Å². The van der Waals surface area contributed by atoms with Gasteiger partial charge in [0.2, 0.25) is 0 Å². The van der Waals surface area contributed by atoms with Gasteiger partial charge < -0.3 is 19.8 Å². The van der Waals surface area contributed by atoms with Gasteiger partial charge in [0, 0.05) is 31.3 Å². The van der Waals surface area contributed by atoms with E-state index >= 15 is 0 Å². The molecule has 26 heavy (non-hydrogen) atoms. The lowest BCUT2D eigenvalue weighted by atomic mass is 9.93. The van der Waals surface area contributed by atoms with Crippen molar-refractivity contribution in [2.24, 2.45) is 0 Å². The number of hydrogen-bond acceptors (Lipinski definition) is 4. The van der Waals surface area contributed by atoms with Gasteiger partial charge in [-0.15, -0.1) is 0 Å². The van der Waals surface area contributed by atoms with E-state index in [2.05, 4.69) is 11.8 Å². The van der Waals surface area contributed by atoms with E-state index < -0.39 is 5.60 Å². The van der Waals surface area contributed by atoms with Crippen LogP contribution < -0.4 is 0 Å². The van der Waals surface area contributed by atoms with E-state index in [0.717, 1.165) is 11.1 Å². The first-order valence-electron chi connectivity index (χ1n) is 8.33. The molecule has 1 aliphatic heterocycles. The van der Waals surface area contributed by atoms with Gasteiger partial charge in [0.05, 0.1) is 0 Å². The van der Waals surface area contributed by atoms with E-state index in [9.17, 15) is 15.0 Å². The number of fused-ring (bicyclic) bond motifs is 1. The minimum Gasteiger partial charge on any atom is -0.508 e. The number of phenols is 1. The quantitative estimate of drug-likeness (QED) is 0.833. The third-order valence-corrected chi connectivity index (χ3v) is 4.44. The monoisotopic (exact) mass is 351 g/mol. The smallest absolute Gasteiger partial charge is 0.254 e. The fraction of sp³-hybridized carbons (Fsp3) is 0.286. The van der Waals surface area contributed by atoms with E-state index in [1.807, 2.05) is 24.3 Å². The summed E-state index contributed by atoms with van der Waals surface area (Å²) in [6.07, 6.45) is 0. The fourth-order valence-corrected chi connectivity index (χ4v) is 3.07. The zero-order valence-electron chi connectivity index (χ0n) is 14.8. The molecule has 0 spiro atoms. The molecule has 1 unspecified atom stereocenters. The maximum atomic E-state index is 12.9. The van der Waals surface area contributed by atoms with Crippen molar-refractivity contribution >= 4 is 5.91 Å². The molecule has 0 bridgehead atoms. The highest BCUT2D eigenvalue weighted by Crippen LogP contribution is 2.31. The van der Waals surface area contributed by atoms with E-state index in [4.69, 9.17) is 4.74 Å². The highest BCUT2D eigenvalue weighted by molar-refractivity contribution is 5.95. The molecule has 2 N–H and O–H groups in total. The maximum Gasteiger partial charge on any atom is 0.254 e. The number of rotatable bonds is 3. The van der Waals surface area contributed by atoms with Gasteiger partial charge in [0.25, 0.3) is 5.91 Å². The number of carbonyl (C=O) groups excluding carboxylic acids is 1. The number of phenolic OH excluding ortho intramolecular Hbond substituents is 1. The molecular weight excluding hydrogens is 330 g/mol. The molecule has 0 aromatic heterocycles. The van der Waals surface area contributed by atoms with Gasteiger partial charge in [-0.1, -0.05) is 36.1 Å². The molecular formula is C21H21NO4. The third kappa shape index (κ3) is 3.57. The lowest BCUT2D eigenvalue weighted by Crippen LogP contribution is -2.26. The second-order valence-corrected chi connectivity index (χ2v) is 6.47. The van der Waals surface area contributed by atoms with Crippen LogP contribution in [0.4, 0.5) is 0 Å². The van der Waals surface area contributed by atoms with Crippen LogP contribution >= 0.6 is 0 Å². The molecule has 0 saturated heterocycles. The summed E-state index contributed by atoms with van der Waals surface area (Å²) >= 11 is 0. The van der Waals surface area contributed by atoms with Crippen LogP contribution in [0, 0.1) is 11.8 Å². The van der Waals surface area contributed by atoms with Gasteiger partial charge in [0.1, 0.15) is 12.4 Å². The third-order valence-electron chi connectivity index (χ3n) is 4.44. The van der Waals surface area contributed by atoms with Crippen molar-refractivity contribution in [1.29, 1.82) is 0 Å². The Morgan fingerprint density at radius 1 is 1.23 bits per heavy atom. The lowest BCUT2D eigenvalue weighted by molar-refractivity contribution is 0.0750. The first-order valence-corrected chi connectivity index (χ1v) is 8.33. The topological polar surface area (TPSA) is 70.0 Å². The van der Waals surface area contributed by atoms with Gasteiger partial charge in [-0.2, -0.15) is 0 Å². The predicted octanol–water partition coefficient (Wildman–Crippen LogP) is 2.41. The summed E-state index contributed by atoms with van der Waals surface area (Å²) in [5.41, 5.74) is 1.28. The Labute approximate surface area is 152 Å². The van der Waals surface area contributed by atoms with E-state index in [1.54, 1.807) is 11.0 Å². The normalized spacial score (nSPS) is 15.0. The Hall–Kier alpha value is -2.81. The standard InChI is InChI=1S/C21H21NO4/c1-21(25,10-5-11-26-2)18-12-15(8-9-19(18)23)20(24)22-13-16-6-3-4-7-17(16)14-22/h3-4,6-9,12,23,25H,11,13-14H2,1-2H3. The van der Waals surface area contributed by atoms with Gasteiger partial charge in [0.15, 0.2) is 5.60 Å². The number of amides is 1. The summed E-state index contributed by atoms with van der Waals surface area (Å²) < 4.78 is 4.86. The molecule has 0 aliphatic carbocycles. The van der Waals surface area contributed by atoms with Crippen LogP contribution in [-0.2, 0) is 23.4 Å². The van der Waals surface area contributed by atoms with Crippen LogP contribution in [0.25, 0.3) is 0 Å². The van der Waals surface area contributed by atoms with Crippen LogP contribution in [-0.4, -0.2) is 34.7 Å². The fourth-order valence-electron chi connectivity index (χ4n) is 3.07. The molecule has 0 fully saturated rings. The minimum absolute atomic E-state index is 0.108. The van der Waals surface area contributed by atoms with Crippen LogP contribution in [0.2, 0.25) is 0 Å². The summed E-state index contributed by atoms with van der Waals surface area (Å²) in [4.78, 5) is 14.6. The highest BCUT2D eigenvalue weighted by Gasteiger charge is 2.28. The molecule has 1 aliphatic rings. The van der Waals surface area contributed by atoms with E-state index in [0.29, 0.717) is 18.7 Å². The molecule has 2 aromatic rings. The Kier molecular flexibility index (Phi) is 4.99. The number of benzene rings is 2. The molecule has 5 heteroatoms. The predicted molar refractivity (Wildman–Crippen MR) is 97.3 cm³/mol. The lowest BCUT2D eigenvalue weighted by Gasteiger charge is -2.21. The average Bonchev–Trinajstić information content (AvgIpc) is 3.05. The first-order chi connectivity index (χ1) is 12.4. The van der Waals surface area contributed by atoms with E-state index in [1.165, 1.54) is 26.2 Å². The summed E-state index contributed by atoms with van der Waals surface area (Å²) in [5.74, 6) is 5.09. The summed E-state index contributed by atoms with van der Waals surface area (Å²) in [7, 11) is 1.51. The first kappa shape index (κ1) is 18.0. The number of nitrogens with zero attached hydrogens (tertiary/aromatic N) is 1. The number of ether oxygens (including phenoxy) is 1. The molecule has 5 nitrogen and oxygen atoms in total. The highest BCUT2D eigenvalue weighted by atomic mass is 16.5. The second-order valence-electron chi connectivity index (χ2n) is 6.47. The average molecular weight is 351 g/mol. The number of methoxy groups -OCH3 is 1. The molecule has 1 atom stereocenters. The Bertz CT molecular complexity index is 867. The molecule has 0 radical (unpaired) electrons. The van der Waals surface area contributed by atoms with Crippen molar-refractivity contribution in [2.75, 3.05) is 13.7 Å². The molecule has 3 rings (SSSR count). The maximum absolute atomic E-state index is 12.9. The molecule has 1 amide bonds. The molecule has 1 heterocycles. The SMILES string of the molecule is COCC#CC(C)(O)c1cc(C(=O)N2Cc3ccccc3C2)ccc1O. The van der Waals surface area contributed by atoms with Crippen molar-refractivity contribution in [2.45, 2.75) is 25.6 Å². The van der Waals surface area contributed by atoms with Crippen LogP contribution in [0.5, 0.6) is 5.75 Å². The van der Waals surface area contributed by atoms with Crippen molar-refractivity contribution in [3.63, 3.8) is 0 Å². The molecule has 0 saturated carbocycles. The summed E-state index contributed by atoms with van der Waals surface area (Å²) in [6.45, 7) is 2.75. The van der Waals surface area contributed by atoms with Crippen molar-refractivity contribution in [3.05, 3.63) is 64.7 Å². The van der Waals surface area contributed by atoms with Crippen molar-refractivity contribution in [1.82, 2.24) is 4.90 Å². The number of aliphatic hydroxyl groups is 1. The summed E-state index contributed by atoms with van der Waals surface area (Å²) in [5, 5.41) is 20.7. The van der Waals surface area contributed by atoms with Crippen LogP contribution in [0.15, 0.2) is 42.5 Å². The Morgan fingerprint density at radius 3 is 2.50 bits per heavy atom. The largest absolute Gasteiger partial charge is 0.508 e. The Balaban J connectivity index is 1.86. The van der Waals surface area contributed by atoms with Gasteiger partial charge in [-0.25, -0.2) is 0 Å². The van der Waals surface area contributed by atoms with E-state index in [-0.39, 0.29) is 23.8 Å². The number of carbonyl (C=O) groups is 1. The zero-order chi connectivity index (χ0) is 18.7. The second kappa shape index (κ2) is 7.20. The van der Waals surface area contributed by atoms with Gasteiger partial charge in [-0.3, -0.25) is 4.79 Å². The Morgan fingerprint density at radius 2 is 1.88 bits per heavy atom. The van der Waals surface area contributed by atoms with Crippen LogP contribution in [0.3, 0.4) is 0 Å². The van der Waals surface area contributed by atoms with Gasteiger partial charge in [-0.05, 0) is 36.2 Å². The van der Waals surface area contributed by atoms with Gasteiger partial charge >= 0.3 is 0 Å². The summed E-state index contributed by atoms with van der Waals surface area (Å²) in [6, 6.07) is 12.4. The number of aromatic hydroxyl groups is 1. The zero-order valence-corrected chi connectivity index (χ0v) is 14.8. The molecule has 134 valence electrons. The molecule has 2 aromatic carbocycles. The van der Waals surface area contributed by atoms with Crippen molar-refractivity contribution in [3.8, 4) is 17.6 Å². The van der Waals surface area contributed by atoms with Crippen LogP contribution in [0.1, 0.15) is 34.0 Å². The number of hydrogen-bond donors (Lipinski definition) is 2. The minimum atomic E-state index is -1.59.